The first-order valence-electron chi connectivity index (χ1n) is 6.69. The van der Waals surface area contributed by atoms with Crippen molar-refractivity contribution in [1.29, 1.82) is 0 Å². The van der Waals surface area contributed by atoms with Crippen molar-refractivity contribution < 1.29 is 9.59 Å². The molecule has 2 aliphatic rings. The summed E-state index contributed by atoms with van der Waals surface area (Å²) in [5.41, 5.74) is 5.99. The van der Waals surface area contributed by atoms with Gasteiger partial charge in [0.1, 0.15) is 0 Å². The minimum atomic E-state index is -0.740. The molecule has 0 aromatic heterocycles. The van der Waals surface area contributed by atoms with Crippen LogP contribution in [0.15, 0.2) is 18.2 Å². The second-order valence-corrected chi connectivity index (χ2v) is 5.96. The van der Waals surface area contributed by atoms with Crippen LogP contribution in [0, 0.1) is 0 Å². The highest BCUT2D eigenvalue weighted by Gasteiger charge is 2.45. The highest BCUT2D eigenvalue weighted by molar-refractivity contribution is 6.34. The van der Waals surface area contributed by atoms with E-state index in [1.807, 2.05) is 0 Å². The van der Waals surface area contributed by atoms with E-state index in [1.54, 1.807) is 18.2 Å². The highest BCUT2D eigenvalue weighted by Crippen LogP contribution is 2.33. The van der Waals surface area contributed by atoms with Gasteiger partial charge in [-0.15, -0.1) is 12.4 Å². The molecule has 0 heterocycles. The molecule has 2 aliphatic carbocycles. The Morgan fingerprint density at radius 1 is 1.29 bits per heavy atom. The van der Waals surface area contributed by atoms with Crippen LogP contribution in [0.5, 0.6) is 0 Å². The molecule has 21 heavy (non-hydrogen) atoms. The largest absolute Gasteiger partial charge is 0.349 e. The minimum absolute atomic E-state index is 0. The smallest absolute Gasteiger partial charge is 0.253 e. The van der Waals surface area contributed by atoms with E-state index in [1.165, 1.54) is 0 Å². The van der Waals surface area contributed by atoms with Crippen molar-refractivity contribution in [3.8, 4) is 0 Å². The van der Waals surface area contributed by atoms with Gasteiger partial charge in [-0.1, -0.05) is 11.6 Å². The summed E-state index contributed by atoms with van der Waals surface area (Å²) in [6.07, 6.45) is 3.41. The van der Waals surface area contributed by atoms with Crippen molar-refractivity contribution >= 4 is 41.5 Å². The van der Waals surface area contributed by atoms with Gasteiger partial charge in [0.05, 0.1) is 16.1 Å². The lowest BCUT2D eigenvalue weighted by atomic mass is 10.1. The molecule has 0 atom stereocenters. The Labute approximate surface area is 134 Å². The van der Waals surface area contributed by atoms with Crippen LogP contribution in [0.1, 0.15) is 36.0 Å². The number of rotatable bonds is 4. The van der Waals surface area contributed by atoms with E-state index in [2.05, 4.69) is 10.6 Å². The molecule has 0 bridgehead atoms. The minimum Gasteiger partial charge on any atom is -0.349 e. The first kappa shape index (κ1) is 16.1. The first-order valence-corrected chi connectivity index (χ1v) is 7.06. The van der Waals surface area contributed by atoms with E-state index in [9.17, 15) is 9.59 Å². The molecule has 2 amide bonds. The van der Waals surface area contributed by atoms with Crippen molar-refractivity contribution in [2.75, 3.05) is 5.32 Å². The number of halogens is 2. The zero-order chi connectivity index (χ0) is 14.3. The van der Waals surface area contributed by atoms with Crippen LogP contribution in [0.3, 0.4) is 0 Å². The number of nitrogens with one attached hydrogen (secondary N) is 2. The topological polar surface area (TPSA) is 84.2 Å². The van der Waals surface area contributed by atoms with Crippen molar-refractivity contribution in [3.05, 3.63) is 28.8 Å². The molecule has 0 unspecified atom stereocenters. The van der Waals surface area contributed by atoms with E-state index in [0.717, 1.165) is 12.8 Å². The quantitative estimate of drug-likeness (QED) is 0.790. The van der Waals surface area contributed by atoms with Gasteiger partial charge in [0, 0.05) is 11.7 Å². The molecule has 1 aromatic carbocycles. The fourth-order valence-corrected chi connectivity index (χ4v) is 2.09. The Bertz CT molecular complexity index is 584. The Hall–Kier alpha value is -1.30. The maximum absolute atomic E-state index is 12.0. The van der Waals surface area contributed by atoms with Crippen molar-refractivity contribution in [2.45, 2.75) is 37.3 Å². The molecule has 5 nitrogen and oxygen atoms in total. The summed E-state index contributed by atoms with van der Waals surface area (Å²) in [6, 6.07) is 5.12. The van der Waals surface area contributed by atoms with Gasteiger partial charge in [0.25, 0.3) is 5.91 Å². The summed E-state index contributed by atoms with van der Waals surface area (Å²) in [5, 5.41) is 5.98. The lowest BCUT2D eigenvalue weighted by Gasteiger charge is -2.12. The molecule has 2 fully saturated rings. The van der Waals surface area contributed by atoms with Crippen molar-refractivity contribution in [3.63, 3.8) is 0 Å². The third-order valence-electron chi connectivity index (χ3n) is 3.62. The molecule has 1 aromatic rings. The molecular formula is C14H17Cl2N3O2. The van der Waals surface area contributed by atoms with Crippen LogP contribution >= 0.6 is 24.0 Å². The Morgan fingerprint density at radius 3 is 2.52 bits per heavy atom. The number of nitrogens with two attached hydrogens (primary N) is 1. The molecule has 0 saturated heterocycles. The second-order valence-electron chi connectivity index (χ2n) is 5.55. The van der Waals surface area contributed by atoms with E-state index in [4.69, 9.17) is 17.3 Å². The van der Waals surface area contributed by atoms with Crippen LogP contribution in [0.4, 0.5) is 5.69 Å². The summed E-state index contributed by atoms with van der Waals surface area (Å²) in [6.45, 7) is 0. The van der Waals surface area contributed by atoms with Crippen LogP contribution < -0.4 is 16.4 Å². The summed E-state index contributed by atoms with van der Waals surface area (Å²) in [7, 11) is 0. The van der Waals surface area contributed by atoms with E-state index >= 15 is 0 Å². The Kier molecular flexibility index (Phi) is 4.46. The predicted molar refractivity (Wildman–Crippen MR) is 84.0 cm³/mol. The van der Waals surface area contributed by atoms with E-state index in [0.29, 0.717) is 29.1 Å². The van der Waals surface area contributed by atoms with Gasteiger partial charge in [-0.3, -0.25) is 9.59 Å². The molecule has 4 N–H and O–H groups in total. The van der Waals surface area contributed by atoms with Gasteiger partial charge in [0.2, 0.25) is 5.91 Å². The molecule has 2 saturated carbocycles. The van der Waals surface area contributed by atoms with Gasteiger partial charge >= 0.3 is 0 Å². The monoisotopic (exact) mass is 329 g/mol. The Balaban J connectivity index is 0.00000161. The highest BCUT2D eigenvalue weighted by atomic mass is 35.5. The molecule has 0 radical (unpaired) electrons. The zero-order valence-corrected chi connectivity index (χ0v) is 12.9. The molecular weight excluding hydrogens is 313 g/mol. The van der Waals surface area contributed by atoms with Crippen LogP contribution in [-0.4, -0.2) is 23.4 Å². The number of amides is 2. The Morgan fingerprint density at radius 2 is 1.95 bits per heavy atom. The van der Waals surface area contributed by atoms with Crippen molar-refractivity contribution in [1.82, 2.24) is 5.32 Å². The summed E-state index contributed by atoms with van der Waals surface area (Å²) in [5.74, 6) is -0.421. The molecule has 0 spiro atoms. The molecule has 114 valence electrons. The summed E-state index contributed by atoms with van der Waals surface area (Å²) in [4.78, 5) is 23.9. The number of hydrogen-bond donors (Lipinski definition) is 3. The van der Waals surface area contributed by atoms with Crippen LogP contribution in [0.25, 0.3) is 0 Å². The number of carbonyl (C=O) groups excluding carboxylic acids is 2. The lowest BCUT2D eigenvalue weighted by Crippen LogP contribution is -2.37. The number of carbonyl (C=O) groups is 2. The van der Waals surface area contributed by atoms with Gasteiger partial charge < -0.3 is 16.4 Å². The maximum Gasteiger partial charge on any atom is 0.253 e. The average molecular weight is 330 g/mol. The molecule has 0 aliphatic heterocycles. The summed E-state index contributed by atoms with van der Waals surface area (Å²) >= 11 is 6.04. The molecule has 3 rings (SSSR count). The lowest BCUT2D eigenvalue weighted by molar-refractivity contribution is -0.118. The number of hydrogen-bond acceptors (Lipinski definition) is 3. The summed E-state index contributed by atoms with van der Waals surface area (Å²) < 4.78 is 0. The third kappa shape index (κ3) is 3.67. The second kappa shape index (κ2) is 5.83. The predicted octanol–water partition coefficient (Wildman–Crippen LogP) is 2.08. The fourth-order valence-electron chi connectivity index (χ4n) is 1.89. The van der Waals surface area contributed by atoms with E-state index in [-0.39, 0.29) is 30.3 Å². The SMILES string of the molecule is Cl.NC1(C(=O)Nc2ccc(Cl)c(C(=O)NC3CC3)c2)CC1. The zero-order valence-electron chi connectivity index (χ0n) is 11.3. The van der Waals surface area contributed by atoms with Crippen LogP contribution in [-0.2, 0) is 4.79 Å². The molecule has 7 heteroatoms. The fraction of sp³-hybridized carbons (Fsp3) is 0.429. The average Bonchev–Trinajstić information content (AvgIpc) is 3.30. The normalized spacial score (nSPS) is 18.4. The van der Waals surface area contributed by atoms with Gasteiger partial charge in [-0.05, 0) is 43.9 Å². The first-order chi connectivity index (χ1) is 9.48. The van der Waals surface area contributed by atoms with E-state index < -0.39 is 5.54 Å². The van der Waals surface area contributed by atoms with Crippen molar-refractivity contribution in [2.24, 2.45) is 5.73 Å². The standard InChI is InChI=1S/C14H16ClN3O2.ClH/c15-11-4-3-9(18-13(20)14(16)5-6-14)7-10(11)12(19)17-8-1-2-8;/h3-4,7-8H,1-2,5-6,16H2,(H,17,19)(H,18,20);1H. The maximum atomic E-state index is 12.0. The number of benzene rings is 1. The van der Waals surface area contributed by atoms with Gasteiger partial charge in [-0.2, -0.15) is 0 Å². The van der Waals surface area contributed by atoms with Gasteiger partial charge in [0.15, 0.2) is 0 Å². The number of anilines is 1. The third-order valence-corrected chi connectivity index (χ3v) is 3.95. The van der Waals surface area contributed by atoms with Gasteiger partial charge in [-0.25, -0.2) is 0 Å². The van der Waals surface area contributed by atoms with Crippen LogP contribution in [0.2, 0.25) is 5.02 Å².